The maximum absolute atomic E-state index is 11.5. The van der Waals surface area contributed by atoms with Gasteiger partial charge in [0.2, 0.25) is 11.8 Å². The maximum atomic E-state index is 11.5. The molecule has 0 aromatic carbocycles. The van der Waals surface area contributed by atoms with E-state index in [-0.39, 0.29) is 12.1 Å². The van der Waals surface area contributed by atoms with Crippen molar-refractivity contribution in [3.63, 3.8) is 0 Å². The largest absolute Gasteiger partial charge is 0.478 e. The van der Waals surface area contributed by atoms with E-state index in [2.05, 4.69) is 10.3 Å². The lowest BCUT2D eigenvalue weighted by atomic mass is 10.2. The van der Waals surface area contributed by atoms with Crippen LogP contribution in [0.5, 0.6) is 0 Å². The van der Waals surface area contributed by atoms with Crippen molar-refractivity contribution >= 4 is 23.6 Å². The minimum absolute atomic E-state index is 0.0248. The molecule has 1 atom stereocenters. The van der Waals surface area contributed by atoms with Gasteiger partial charge in [0.15, 0.2) is 0 Å². The van der Waals surface area contributed by atoms with Crippen molar-refractivity contribution in [1.82, 2.24) is 10.3 Å². The maximum Gasteiger partial charge on any atom is 0.335 e. The number of piperazine rings is 1. The lowest BCUT2D eigenvalue weighted by molar-refractivity contribution is -0.132. The summed E-state index contributed by atoms with van der Waals surface area (Å²) in [5.74, 6) is -1.64. The second kappa shape index (κ2) is 4.44. The minimum Gasteiger partial charge on any atom is -0.478 e. The zero-order valence-corrected chi connectivity index (χ0v) is 9.58. The molecule has 18 heavy (non-hydrogen) atoms. The Morgan fingerprint density at radius 2 is 2.28 bits per heavy atom. The third kappa shape index (κ3) is 2.15. The first kappa shape index (κ1) is 12.0. The number of imide groups is 1. The molecule has 1 aliphatic heterocycles. The molecule has 0 bridgehead atoms. The number of pyridine rings is 1. The summed E-state index contributed by atoms with van der Waals surface area (Å²) in [6.45, 7) is 1.60. The fourth-order valence-electron chi connectivity index (χ4n) is 1.70. The average Bonchev–Trinajstić information content (AvgIpc) is 2.34. The predicted molar refractivity (Wildman–Crippen MR) is 61.2 cm³/mol. The number of nitrogens with one attached hydrogen (secondary N) is 1. The van der Waals surface area contributed by atoms with Crippen molar-refractivity contribution in [3.05, 3.63) is 23.9 Å². The van der Waals surface area contributed by atoms with Gasteiger partial charge in [-0.3, -0.25) is 14.9 Å². The number of carbonyl (C=O) groups excluding carboxylic acids is 2. The highest BCUT2D eigenvalue weighted by Gasteiger charge is 2.31. The molecule has 2 amide bonds. The van der Waals surface area contributed by atoms with Crippen molar-refractivity contribution in [2.75, 3.05) is 11.4 Å². The number of aromatic carboxylic acids is 1. The molecule has 7 heteroatoms. The second-order valence-electron chi connectivity index (χ2n) is 3.92. The molecule has 0 aliphatic carbocycles. The molecule has 1 fully saturated rings. The summed E-state index contributed by atoms with van der Waals surface area (Å²) in [7, 11) is 0. The Hall–Kier alpha value is -2.44. The number of aromatic nitrogens is 1. The van der Waals surface area contributed by atoms with Crippen LogP contribution in [0.1, 0.15) is 17.3 Å². The van der Waals surface area contributed by atoms with E-state index in [9.17, 15) is 14.4 Å². The average molecular weight is 249 g/mol. The molecule has 0 radical (unpaired) electrons. The highest BCUT2D eigenvalue weighted by atomic mass is 16.4. The monoisotopic (exact) mass is 249 g/mol. The Balaban J connectivity index is 2.35. The molecular formula is C11H11N3O4. The van der Waals surface area contributed by atoms with Gasteiger partial charge in [0.25, 0.3) is 0 Å². The van der Waals surface area contributed by atoms with E-state index in [0.29, 0.717) is 5.82 Å². The van der Waals surface area contributed by atoms with Crippen LogP contribution >= 0.6 is 0 Å². The molecule has 0 spiro atoms. The molecule has 1 aliphatic rings. The van der Waals surface area contributed by atoms with Crippen LogP contribution in [0.25, 0.3) is 0 Å². The van der Waals surface area contributed by atoms with Gasteiger partial charge in [-0.05, 0) is 19.1 Å². The number of carboxylic acids is 1. The quantitative estimate of drug-likeness (QED) is 0.694. The van der Waals surface area contributed by atoms with Gasteiger partial charge < -0.3 is 10.0 Å². The summed E-state index contributed by atoms with van der Waals surface area (Å²) in [6, 6.07) is 2.12. The molecule has 1 saturated heterocycles. The summed E-state index contributed by atoms with van der Waals surface area (Å²) in [5.41, 5.74) is 0.0608. The van der Waals surface area contributed by atoms with E-state index in [4.69, 9.17) is 5.11 Å². The summed E-state index contributed by atoms with van der Waals surface area (Å²) < 4.78 is 0. The number of anilines is 1. The second-order valence-corrected chi connectivity index (χ2v) is 3.92. The standard InChI is InChI=1S/C11H11N3O4/c1-6-10(16)13-9(15)5-14(6)8-4-7(11(17)18)2-3-12-8/h2-4,6H,5H2,1H3,(H,17,18)(H,13,15,16). The fraction of sp³-hybridized carbons (Fsp3) is 0.273. The van der Waals surface area contributed by atoms with Crippen LogP contribution in [0.4, 0.5) is 5.82 Å². The van der Waals surface area contributed by atoms with Gasteiger partial charge in [0.05, 0.1) is 12.1 Å². The van der Waals surface area contributed by atoms with Crippen molar-refractivity contribution in [1.29, 1.82) is 0 Å². The van der Waals surface area contributed by atoms with Crippen molar-refractivity contribution in [2.24, 2.45) is 0 Å². The molecule has 1 unspecified atom stereocenters. The Kier molecular flexibility index (Phi) is 2.97. The molecule has 2 heterocycles. The van der Waals surface area contributed by atoms with E-state index in [1.165, 1.54) is 23.2 Å². The predicted octanol–water partition coefficient (Wildman–Crippen LogP) is -0.369. The van der Waals surface area contributed by atoms with Crippen LogP contribution in [0.2, 0.25) is 0 Å². The van der Waals surface area contributed by atoms with Crippen molar-refractivity contribution < 1.29 is 19.5 Å². The van der Waals surface area contributed by atoms with Crippen LogP contribution in [-0.2, 0) is 9.59 Å². The summed E-state index contributed by atoms with van der Waals surface area (Å²) in [5, 5.41) is 11.1. The first-order valence-electron chi connectivity index (χ1n) is 5.28. The van der Waals surface area contributed by atoms with Gasteiger partial charge in [-0.1, -0.05) is 0 Å². The summed E-state index contributed by atoms with van der Waals surface area (Å²) >= 11 is 0. The Labute approximate surface area is 102 Å². The minimum atomic E-state index is -1.08. The van der Waals surface area contributed by atoms with E-state index >= 15 is 0 Å². The van der Waals surface area contributed by atoms with Gasteiger partial charge >= 0.3 is 5.97 Å². The third-order valence-electron chi connectivity index (χ3n) is 2.71. The molecule has 2 N–H and O–H groups in total. The number of amides is 2. The van der Waals surface area contributed by atoms with Crippen LogP contribution in [0, 0.1) is 0 Å². The molecule has 2 rings (SSSR count). The number of rotatable bonds is 2. The number of carboxylic acid groups (broad SMARTS) is 1. The SMILES string of the molecule is CC1C(=O)NC(=O)CN1c1cc(C(=O)O)ccn1. The van der Waals surface area contributed by atoms with Crippen molar-refractivity contribution in [2.45, 2.75) is 13.0 Å². The first-order chi connectivity index (χ1) is 8.49. The third-order valence-corrected chi connectivity index (χ3v) is 2.71. The fourth-order valence-corrected chi connectivity index (χ4v) is 1.70. The topological polar surface area (TPSA) is 99.6 Å². The first-order valence-corrected chi connectivity index (χ1v) is 5.28. The lowest BCUT2D eigenvalue weighted by Crippen LogP contribution is -2.57. The zero-order valence-electron chi connectivity index (χ0n) is 9.58. The lowest BCUT2D eigenvalue weighted by Gasteiger charge is -2.32. The normalized spacial score (nSPS) is 19.6. The number of nitrogens with zero attached hydrogens (tertiary/aromatic N) is 2. The van der Waals surface area contributed by atoms with Crippen LogP contribution in [0.3, 0.4) is 0 Å². The summed E-state index contributed by atoms with van der Waals surface area (Å²) in [6.07, 6.45) is 1.34. The van der Waals surface area contributed by atoms with Crippen LogP contribution < -0.4 is 10.2 Å². The highest BCUT2D eigenvalue weighted by molar-refractivity contribution is 6.04. The van der Waals surface area contributed by atoms with Gasteiger partial charge in [0.1, 0.15) is 11.9 Å². The highest BCUT2D eigenvalue weighted by Crippen LogP contribution is 2.17. The molecule has 1 aromatic heterocycles. The molecule has 1 aromatic rings. The number of hydrogen-bond donors (Lipinski definition) is 2. The Bertz CT molecular complexity index is 529. The van der Waals surface area contributed by atoms with Gasteiger partial charge in [0, 0.05) is 6.20 Å². The smallest absolute Gasteiger partial charge is 0.335 e. The Morgan fingerprint density at radius 1 is 1.56 bits per heavy atom. The number of carbonyl (C=O) groups is 3. The van der Waals surface area contributed by atoms with Gasteiger partial charge in [-0.15, -0.1) is 0 Å². The summed E-state index contributed by atoms with van der Waals surface area (Å²) in [4.78, 5) is 39.1. The van der Waals surface area contributed by atoms with Gasteiger partial charge in [-0.25, -0.2) is 9.78 Å². The van der Waals surface area contributed by atoms with Crippen molar-refractivity contribution in [3.8, 4) is 0 Å². The van der Waals surface area contributed by atoms with E-state index in [1.54, 1.807) is 6.92 Å². The molecule has 94 valence electrons. The van der Waals surface area contributed by atoms with Crippen LogP contribution in [0.15, 0.2) is 18.3 Å². The molecule has 7 nitrogen and oxygen atoms in total. The Morgan fingerprint density at radius 3 is 2.94 bits per heavy atom. The van der Waals surface area contributed by atoms with Crippen LogP contribution in [-0.4, -0.2) is 40.5 Å². The van der Waals surface area contributed by atoms with E-state index in [0.717, 1.165) is 0 Å². The molecular weight excluding hydrogens is 238 g/mol. The molecule has 0 saturated carbocycles. The van der Waals surface area contributed by atoms with E-state index < -0.39 is 23.8 Å². The number of hydrogen-bond acceptors (Lipinski definition) is 5. The van der Waals surface area contributed by atoms with E-state index in [1.807, 2.05) is 0 Å². The zero-order chi connectivity index (χ0) is 13.3. The van der Waals surface area contributed by atoms with Gasteiger partial charge in [-0.2, -0.15) is 0 Å².